The Morgan fingerprint density at radius 3 is 3.17 bits per heavy atom. The minimum absolute atomic E-state index is 0.0526. The maximum atomic E-state index is 11.2. The normalized spacial score (nSPS) is 29.8. The summed E-state index contributed by atoms with van der Waals surface area (Å²) in [5, 5.41) is 0. The van der Waals surface area contributed by atoms with Crippen LogP contribution in [-0.2, 0) is 0 Å². The topological polar surface area (TPSA) is 32.7 Å². The predicted octanol–water partition coefficient (Wildman–Crippen LogP) is 1.68. The highest BCUT2D eigenvalue weighted by atomic mass is 16.2. The summed E-state index contributed by atoms with van der Waals surface area (Å²) in [5.74, 6) is 0.571. The smallest absolute Gasteiger partial charge is 0.325 e. The number of carbonyl (C=O) groups excluding carboxylic acids is 1. The zero-order chi connectivity index (χ0) is 8.55. The molecule has 0 saturated heterocycles. The molecule has 2 rings (SSSR count). The van der Waals surface area contributed by atoms with E-state index in [-0.39, 0.29) is 6.03 Å². The van der Waals surface area contributed by atoms with Crippen LogP contribution >= 0.6 is 0 Å². The summed E-state index contributed by atoms with van der Waals surface area (Å²) in [7, 11) is 1.83. The maximum Gasteiger partial charge on any atom is 0.343 e. The molecule has 1 aliphatic heterocycles. The molecule has 3 heteroatoms. The number of hydrogen-bond acceptors (Lipinski definition) is 1. The van der Waals surface area contributed by atoms with Crippen LogP contribution in [-0.4, -0.2) is 30.2 Å². The number of aliphatic imine (C=N–C) groups is 1. The zero-order valence-corrected chi connectivity index (χ0v) is 7.42. The van der Waals surface area contributed by atoms with Crippen LogP contribution in [0.3, 0.4) is 0 Å². The van der Waals surface area contributed by atoms with E-state index in [9.17, 15) is 4.79 Å². The quantitative estimate of drug-likeness (QED) is 0.539. The molecule has 2 amide bonds. The van der Waals surface area contributed by atoms with E-state index < -0.39 is 0 Å². The van der Waals surface area contributed by atoms with Gasteiger partial charge in [-0.15, -0.1) is 0 Å². The Morgan fingerprint density at radius 1 is 1.50 bits per heavy atom. The standard InChI is InChI=1S/C9H14N2O/c1-11-6-7-4-2-3-5-8(7)10-9(11)12/h7H,2-6H2,1H3. The lowest BCUT2D eigenvalue weighted by Gasteiger charge is -2.31. The maximum absolute atomic E-state index is 11.2. The molecule has 1 unspecified atom stereocenters. The van der Waals surface area contributed by atoms with Crippen LogP contribution in [0.1, 0.15) is 25.7 Å². The second-order valence-electron chi connectivity index (χ2n) is 3.71. The fourth-order valence-corrected chi connectivity index (χ4v) is 2.03. The molecule has 1 heterocycles. The average Bonchev–Trinajstić information content (AvgIpc) is 2.07. The van der Waals surface area contributed by atoms with Crippen molar-refractivity contribution >= 4 is 11.7 Å². The van der Waals surface area contributed by atoms with Crippen molar-refractivity contribution < 1.29 is 4.79 Å². The van der Waals surface area contributed by atoms with Gasteiger partial charge in [0, 0.05) is 25.2 Å². The van der Waals surface area contributed by atoms with E-state index in [1.165, 1.54) is 19.3 Å². The SMILES string of the molecule is CN1CC2CCCCC2=NC1=O. The summed E-state index contributed by atoms with van der Waals surface area (Å²) in [6.07, 6.45) is 4.78. The van der Waals surface area contributed by atoms with Crippen molar-refractivity contribution in [1.29, 1.82) is 0 Å². The molecule has 0 radical (unpaired) electrons. The highest BCUT2D eigenvalue weighted by Gasteiger charge is 2.28. The monoisotopic (exact) mass is 166 g/mol. The Morgan fingerprint density at radius 2 is 2.33 bits per heavy atom. The van der Waals surface area contributed by atoms with Gasteiger partial charge in [-0.2, -0.15) is 0 Å². The van der Waals surface area contributed by atoms with E-state index in [0.29, 0.717) is 5.92 Å². The molecular weight excluding hydrogens is 152 g/mol. The van der Waals surface area contributed by atoms with Gasteiger partial charge in [-0.1, -0.05) is 6.42 Å². The molecule has 12 heavy (non-hydrogen) atoms. The second kappa shape index (κ2) is 2.88. The molecule has 0 aromatic rings. The first-order valence-electron chi connectivity index (χ1n) is 4.60. The summed E-state index contributed by atoms with van der Waals surface area (Å²) in [6, 6.07) is -0.0526. The third kappa shape index (κ3) is 1.24. The first kappa shape index (κ1) is 7.77. The number of amides is 2. The fraction of sp³-hybridized carbons (Fsp3) is 0.778. The zero-order valence-electron chi connectivity index (χ0n) is 7.42. The Hall–Kier alpha value is -0.860. The van der Waals surface area contributed by atoms with Gasteiger partial charge in [-0.3, -0.25) is 0 Å². The van der Waals surface area contributed by atoms with Crippen molar-refractivity contribution in [3.63, 3.8) is 0 Å². The summed E-state index contributed by atoms with van der Waals surface area (Å²) in [5.41, 5.74) is 1.16. The van der Waals surface area contributed by atoms with Crippen molar-refractivity contribution in [2.75, 3.05) is 13.6 Å². The van der Waals surface area contributed by atoms with E-state index in [2.05, 4.69) is 4.99 Å². The Bertz CT molecular complexity index is 235. The van der Waals surface area contributed by atoms with E-state index in [1.54, 1.807) is 4.90 Å². The lowest BCUT2D eigenvalue weighted by molar-refractivity contribution is 0.208. The van der Waals surface area contributed by atoms with Crippen molar-refractivity contribution in [1.82, 2.24) is 4.90 Å². The molecule has 0 aromatic heterocycles. The molecule has 1 aliphatic carbocycles. The van der Waals surface area contributed by atoms with Gasteiger partial charge in [0.2, 0.25) is 0 Å². The molecule has 1 fully saturated rings. The third-order valence-electron chi connectivity index (χ3n) is 2.77. The van der Waals surface area contributed by atoms with Gasteiger partial charge in [0.25, 0.3) is 0 Å². The predicted molar refractivity (Wildman–Crippen MR) is 47.4 cm³/mol. The van der Waals surface area contributed by atoms with Crippen LogP contribution in [0.2, 0.25) is 0 Å². The van der Waals surface area contributed by atoms with Crippen LogP contribution in [0.15, 0.2) is 4.99 Å². The number of nitrogens with zero attached hydrogens (tertiary/aromatic N) is 2. The van der Waals surface area contributed by atoms with Crippen molar-refractivity contribution in [2.45, 2.75) is 25.7 Å². The lowest BCUT2D eigenvalue weighted by Crippen LogP contribution is -2.40. The molecule has 1 atom stereocenters. The van der Waals surface area contributed by atoms with Crippen LogP contribution in [0.25, 0.3) is 0 Å². The molecule has 1 saturated carbocycles. The van der Waals surface area contributed by atoms with E-state index in [1.807, 2.05) is 7.05 Å². The summed E-state index contributed by atoms with van der Waals surface area (Å²) < 4.78 is 0. The van der Waals surface area contributed by atoms with E-state index >= 15 is 0 Å². The highest BCUT2D eigenvalue weighted by molar-refractivity contribution is 5.99. The molecule has 0 aromatic carbocycles. The number of rotatable bonds is 0. The van der Waals surface area contributed by atoms with Crippen molar-refractivity contribution in [2.24, 2.45) is 10.9 Å². The van der Waals surface area contributed by atoms with Gasteiger partial charge in [0.15, 0.2) is 0 Å². The van der Waals surface area contributed by atoms with Crippen molar-refractivity contribution in [3.05, 3.63) is 0 Å². The minimum Gasteiger partial charge on any atom is -0.325 e. The number of fused-ring (bicyclic) bond motifs is 1. The molecule has 0 N–H and O–H groups in total. The van der Waals surface area contributed by atoms with Gasteiger partial charge < -0.3 is 4.90 Å². The van der Waals surface area contributed by atoms with Gasteiger partial charge in [0.1, 0.15) is 0 Å². The van der Waals surface area contributed by atoms with Gasteiger partial charge in [-0.05, 0) is 19.3 Å². The highest BCUT2D eigenvalue weighted by Crippen LogP contribution is 2.25. The first-order valence-corrected chi connectivity index (χ1v) is 4.60. The Labute approximate surface area is 72.5 Å². The van der Waals surface area contributed by atoms with Crippen LogP contribution in [0.4, 0.5) is 4.79 Å². The Balaban J connectivity index is 2.19. The minimum atomic E-state index is -0.0526. The molecular formula is C9H14N2O. The average molecular weight is 166 g/mol. The summed E-state index contributed by atoms with van der Waals surface area (Å²) >= 11 is 0. The third-order valence-corrected chi connectivity index (χ3v) is 2.77. The molecule has 2 aliphatic rings. The molecule has 0 spiro atoms. The molecule has 66 valence electrons. The Kier molecular flexibility index (Phi) is 1.87. The number of urea groups is 1. The van der Waals surface area contributed by atoms with Crippen LogP contribution in [0.5, 0.6) is 0 Å². The molecule has 0 bridgehead atoms. The number of hydrogen-bond donors (Lipinski definition) is 0. The first-order chi connectivity index (χ1) is 5.77. The van der Waals surface area contributed by atoms with E-state index in [4.69, 9.17) is 0 Å². The van der Waals surface area contributed by atoms with Gasteiger partial charge in [-0.25, -0.2) is 9.79 Å². The lowest BCUT2D eigenvalue weighted by atomic mass is 9.86. The van der Waals surface area contributed by atoms with Crippen LogP contribution < -0.4 is 0 Å². The fourth-order valence-electron chi connectivity index (χ4n) is 2.03. The molecule has 3 nitrogen and oxygen atoms in total. The largest absolute Gasteiger partial charge is 0.343 e. The van der Waals surface area contributed by atoms with E-state index in [0.717, 1.165) is 18.7 Å². The second-order valence-corrected chi connectivity index (χ2v) is 3.71. The summed E-state index contributed by atoms with van der Waals surface area (Å²) in [4.78, 5) is 17.0. The van der Waals surface area contributed by atoms with Gasteiger partial charge >= 0.3 is 6.03 Å². The number of carbonyl (C=O) groups is 1. The van der Waals surface area contributed by atoms with Crippen LogP contribution in [0, 0.1) is 5.92 Å². The summed E-state index contributed by atoms with van der Waals surface area (Å²) in [6.45, 7) is 0.887. The van der Waals surface area contributed by atoms with Crippen molar-refractivity contribution in [3.8, 4) is 0 Å². The van der Waals surface area contributed by atoms with Gasteiger partial charge in [0.05, 0.1) is 0 Å².